The number of rotatable bonds is 2. The maximum absolute atomic E-state index is 12.2. The number of carbonyl (C=O) groups is 1. The number of hydrogen-bond acceptors (Lipinski definition) is 3. The zero-order valence-corrected chi connectivity index (χ0v) is 11.0. The predicted molar refractivity (Wildman–Crippen MR) is 67.2 cm³/mol. The number of pyridine rings is 1. The summed E-state index contributed by atoms with van der Waals surface area (Å²) in [6.45, 7) is 0. The number of imidazole rings is 1. The Hall–Kier alpha value is -1.53. The zero-order chi connectivity index (χ0) is 11.8. The van der Waals surface area contributed by atoms with E-state index in [0.717, 1.165) is 8.62 Å². The van der Waals surface area contributed by atoms with Gasteiger partial charge in [-0.2, -0.15) is 4.40 Å². The molecule has 3 aromatic heterocycles. The summed E-state index contributed by atoms with van der Waals surface area (Å²) in [7, 11) is 0. The Labute approximate surface area is 109 Å². The summed E-state index contributed by atoms with van der Waals surface area (Å²) in [6.07, 6.45) is 6.90. The van der Waals surface area contributed by atoms with Gasteiger partial charge in [0.15, 0.2) is 0 Å². The molecule has 3 aromatic rings. The summed E-state index contributed by atoms with van der Waals surface area (Å²) in [5.74, 6) is -0.0463. The van der Waals surface area contributed by atoms with Crippen LogP contribution in [0.3, 0.4) is 0 Å². The number of ketones is 1. The molecular weight excluding hydrogens is 302 g/mol. The first kappa shape index (κ1) is 10.6. The maximum atomic E-state index is 12.2. The number of carbonyl (C=O) groups excluding carboxylic acids is 1. The lowest BCUT2D eigenvalue weighted by Crippen LogP contribution is -2.13. The molecule has 0 fully saturated rings. The van der Waals surface area contributed by atoms with Gasteiger partial charge in [-0.1, -0.05) is 11.3 Å². The third kappa shape index (κ3) is 1.79. The topological polar surface area (TPSA) is 49.9 Å². The van der Waals surface area contributed by atoms with Crippen molar-refractivity contribution in [1.82, 2.24) is 9.97 Å². The molecule has 0 aliphatic rings. The Morgan fingerprint density at radius 1 is 1.53 bits per heavy atom. The molecule has 4 nitrogen and oxygen atoms in total. The van der Waals surface area contributed by atoms with E-state index in [4.69, 9.17) is 0 Å². The second-order valence-corrected chi connectivity index (χ2v) is 5.88. The molecule has 1 N–H and O–H groups in total. The van der Waals surface area contributed by atoms with Gasteiger partial charge in [0.2, 0.25) is 22.6 Å². The lowest BCUT2D eigenvalue weighted by atomic mass is 10.1. The maximum Gasteiger partial charge on any atom is 0.248 e. The minimum atomic E-state index is -0.0463. The Balaban J connectivity index is 2.13. The first-order valence-electron chi connectivity index (χ1n) is 4.88. The summed E-state index contributed by atoms with van der Waals surface area (Å²) in [6, 6.07) is 3.51. The number of nitrogens with one attached hydrogen (secondary N) is 1. The van der Waals surface area contributed by atoms with Crippen LogP contribution in [0.25, 0.3) is 4.83 Å². The summed E-state index contributed by atoms with van der Waals surface area (Å²) < 4.78 is 2.87. The van der Waals surface area contributed by atoms with Crippen LogP contribution < -0.4 is 4.40 Å². The molecule has 0 aliphatic carbocycles. The molecule has 3 rings (SSSR count). The smallest absolute Gasteiger partial charge is 0.248 e. The minimum absolute atomic E-state index is 0.0463. The molecule has 0 aliphatic heterocycles. The van der Waals surface area contributed by atoms with Gasteiger partial charge < -0.3 is 0 Å². The van der Waals surface area contributed by atoms with E-state index in [-0.39, 0.29) is 5.78 Å². The van der Waals surface area contributed by atoms with Crippen molar-refractivity contribution in [3.63, 3.8) is 0 Å². The van der Waals surface area contributed by atoms with Crippen molar-refractivity contribution in [1.29, 1.82) is 0 Å². The Morgan fingerprint density at radius 2 is 2.41 bits per heavy atom. The fraction of sp³-hybridized carbons (Fsp3) is 0. The Morgan fingerprint density at radius 3 is 3.18 bits per heavy atom. The highest BCUT2D eigenvalue weighted by atomic mass is 79.9. The van der Waals surface area contributed by atoms with E-state index in [9.17, 15) is 4.79 Å². The SMILES string of the molecule is O=C(c1cccnc1)c1[nH]c[n+]2cc(Br)sc12. The van der Waals surface area contributed by atoms with Gasteiger partial charge in [-0.25, -0.2) is 4.98 Å². The molecule has 0 bridgehead atoms. The molecule has 0 radical (unpaired) electrons. The molecule has 0 saturated carbocycles. The quantitative estimate of drug-likeness (QED) is 0.583. The summed E-state index contributed by atoms with van der Waals surface area (Å²) >= 11 is 4.92. The van der Waals surface area contributed by atoms with E-state index in [1.807, 2.05) is 10.6 Å². The van der Waals surface area contributed by atoms with Gasteiger partial charge in [-0.15, -0.1) is 0 Å². The van der Waals surface area contributed by atoms with Gasteiger partial charge in [0.05, 0.1) is 0 Å². The van der Waals surface area contributed by atoms with Crippen molar-refractivity contribution >= 4 is 37.9 Å². The molecule has 0 saturated heterocycles. The standard InChI is InChI=1S/C11H6BrN3OS/c12-8-5-15-6-14-9(11(15)17-8)10(16)7-2-1-3-13-4-7/h1-6H/p+1. The number of nitrogens with zero attached hydrogens (tertiary/aromatic N) is 2. The van der Waals surface area contributed by atoms with Crippen LogP contribution in [-0.2, 0) is 0 Å². The average Bonchev–Trinajstić information content (AvgIpc) is 2.88. The number of thiazole rings is 1. The van der Waals surface area contributed by atoms with Crippen LogP contribution in [0.15, 0.2) is 40.8 Å². The van der Waals surface area contributed by atoms with Crippen LogP contribution in [0.2, 0.25) is 0 Å². The molecular formula is C11H7BrN3OS+. The van der Waals surface area contributed by atoms with E-state index in [1.165, 1.54) is 11.3 Å². The number of H-pyrrole nitrogens is 1. The number of aromatic amines is 1. The van der Waals surface area contributed by atoms with Crippen molar-refractivity contribution in [2.75, 3.05) is 0 Å². The summed E-state index contributed by atoms with van der Waals surface area (Å²) in [4.78, 5) is 20.1. The molecule has 0 spiro atoms. The highest BCUT2D eigenvalue weighted by Crippen LogP contribution is 2.22. The van der Waals surface area contributed by atoms with Gasteiger partial charge in [0.1, 0.15) is 9.98 Å². The largest absolute Gasteiger partial charge is 0.284 e. The van der Waals surface area contributed by atoms with Crippen molar-refractivity contribution in [2.24, 2.45) is 0 Å². The van der Waals surface area contributed by atoms with E-state index < -0.39 is 0 Å². The van der Waals surface area contributed by atoms with E-state index in [1.54, 1.807) is 30.9 Å². The van der Waals surface area contributed by atoms with Gasteiger partial charge >= 0.3 is 0 Å². The minimum Gasteiger partial charge on any atom is -0.284 e. The highest BCUT2D eigenvalue weighted by molar-refractivity contribution is 9.11. The van der Waals surface area contributed by atoms with Crippen LogP contribution in [-0.4, -0.2) is 15.8 Å². The van der Waals surface area contributed by atoms with Crippen LogP contribution in [0, 0.1) is 0 Å². The predicted octanol–water partition coefficient (Wildman–Crippen LogP) is 2.20. The summed E-state index contributed by atoms with van der Waals surface area (Å²) in [5, 5.41) is 0. The molecule has 0 unspecified atom stereocenters. The second-order valence-electron chi connectivity index (χ2n) is 3.47. The van der Waals surface area contributed by atoms with Crippen LogP contribution >= 0.6 is 27.3 Å². The molecule has 0 amide bonds. The van der Waals surface area contributed by atoms with Crippen LogP contribution in [0.5, 0.6) is 0 Å². The van der Waals surface area contributed by atoms with Gasteiger partial charge in [-0.3, -0.25) is 9.78 Å². The molecule has 17 heavy (non-hydrogen) atoms. The Kier molecular flexibility index (Phi) is 2.53. The number of halogens is 1. The fourth-order valence-electron chi connectivity index (χ4n) is 1.62. The van der Waals surface area contributed by atoms with Crippen molar-refractivity contribution in [3.8, 4) is 0 Å². The summed E-state index contributed by atoms with van der Waals surface area (Å²) in [5.41, 5.74) is 1.18. The number of hydrogen-bond donors (Lipinski definition) is 1. The molecule has 3 heterocycles. The van der Waals surface area contributed by atoms with Crippen LogP contribution in [0.1, 0.15) is 16.1 Å². The second kappa shape index (κ2) is 4.05. The van der Waals surface area contributed by atoms with Gasteiger partial charge in [0, 0.05) is 18.0 Å². The van der Waals surface area contributed by atoms with E-state index >= 15 is 0 Å². The van der Waals surface area contributed by atoms with Crippen LogP contribution in [0.4, 0.5) is 0 Å². The Bertz CT molecular complexity index is 689. The lowest BCUT2D eigenvalue weighted by Gasteiger charge is -1.93. The normalized spacial score (nSPS) is 10.9. The zero-order valence-electron chi connectivity index (χ0n) is 8.55. The first-order chi connectivity index (χ1) is 8.25. The van der Waals surface area contributed by atoms with E-state index in [0.29, 0.717) is 11.3 Å². The molecule has 0 aromatic carbocycles. The van der Waals surface area contributed by atoms with E-state index in [2.05, 4.69) is 25.9 Å². The van der Waals surface area contributed by atoms with Crippen molar-refractivity contribution in [2.45, 2.75) is 0 Å². The third-order valence-corrected chi connectivity index (χ3v) is 3.98. The first-order valence-corrected chi connectivity index (χ1v) is 6.49. The van der Waals surface area contributed by atoms with Gasteiger partial charge in [0.25, 0.3) is 0 Å². The molecule has 6 heteroatoms. The monoisotopic (exact) mass is 308 g/mol. The van der Waals surface area contributed by atoms with Gasteiger partial charge in [-0.05, 0) is 28.1 Å². The van der Waals surface area contributed by atoms with Crippen molar-refractivity contribution in [3.05, 3.63) is 52.1 Å². The molecule has 0 atom stereocenters. The fourth-order valence-corrected chi connectivity index (χ4v) is 3.11. The lowest BCUT2D eigenvalue weighted by molar-refractivity contribution is -0.507. The highest BCUT2D eigenvalue weighted by Gasteiger charge is 2.22. The third-order valence-electron chi connectivity index (χ3n) is 2.38. The van der Waals surface area contributed by atoms with Crippen molar-refractivity contribution < 1.29 is 9.20 Å². The number of aromatic nitrogens is 3. The molecule has 84 valence electrons. The average molecular weight is 309 g/mol. The number of fused-ring (bicyclic) bond motifs is 1.